The van der Waals surface area contributed by atoms with Crippen molar-refractivity contribution in [2.45, 2.75) is 13.5 Å². The van der Waals surface area contributed by atoms with E-state index in [1.165, 1.54) is 18.2 Å². The standard InChI is InChI=1S/C16H13FN2O2/c1-10-2-4-13(19)7-14(10)16(20)21-9-11-3-5-15(17)12(6-11)8-18/h2-7H,9,19H2,1H3. The van der Waals surface area contributed by atoms with Crippen LogP contribution in [0.4, 0.5) is 10.1 Å². The number of carbonyl (C=O) groups is 1. The van der Waals surface area contributed by atoms with Gasteiger partial charge in [0.2, 0.25) is 0 Å². The lowest BCUT2D eigenvalue weighted by Crippen LogP contribution is -2.08. The molecule has 2 aromatic rings. The van der Waals surface area contributed by atoms with E-state index in [1.807, 2.05) is 0 Å². The molecule has 0 fully saturated rings. The number of hydrogen-bond donors (Lipinski definition) is 1. The van der Waals surface area contributed by atoms with E-state index in [0.29, 0.717) is 16.8 Å². The predicted octanol–water partition coefficient (Wildman–Crippen LogP) is 2.95. The van der Waals surface area contributed by atoms with Crippen LogP contribution in [-0.4, -0.2) is 5.97 Å². The highest BCUT2D eigenvalue weighted by atomic mass is 19.1. The van der Waals surface area contributed by atoms with Crippen molar-refractivity contribution in [3.8, 4) is 6.07 Å². The van der Waals surface area contributed by atoms with Crippen molar-refractivity contribution in [2.24, 2.45) is 0 Å². The number of halogens is 1. The first-order valence-corrected chi connectivity index (χ1v) is 6.23. The molecule has 0 aliphatic carbocycles. The van der Waals surface area contributed by atoms with Crippen molar-refractivity contribution in [1.29, 1.82) is 5.26 Å². The molecule has 0 amide bonds. The Hall–Kier alpha value is -2.87. The lowest BCUT2D eigenvalue weighted by Gasteiger charge is -2.08. The lowest BCUT2D eigenvalue weighted by atomic mass is 10.1. The number of rotatable bonds is 3. The van der Waals surface area contributed by atoms with Gasteiger partial charge in [0.1, 0.15) is 18.5 Å². The first-order chi connectivity index (χ1) is 10.0. The first kappa shape index (κ1) is 14.5. The van der Waals surface area contributed by atoms with Gasteiger partial charge in [0, 0.05) is 5.69 Å². The third-order valence-corrected chi connectivity index (χ3v) is 3.00. The molecular formula is C16H13FN2O2. The zero-order chi connectivity index (χ0) is 15.4. The molecular weight excluding hydrogens is 271 g/mol. The molecule has 5 heteroatoms. The second-order valence-corrected chi connectivity index (χ2v) is 4.58. The minimum absolute atomic E-state index is 0.0397. The number of benzene rings is 2. The van der Waals surface area contributed by atoms with E-state index in [0.717, 1.165) is 5.56 Å². The topological polar surface area (TPSA) is 76.1 Å². The van der Waals surface area contributed by atoms with E-state index in [2.05, 4.69) is 0 Å². The smallest absolute Gasteiger partial charge is 0.338 e. The van der Waals surface area contributed by atoms with Crippen LogP contribution in [0.1, 0.15) is 27.0 Å². The van der Waals surface area contributed by atoms with E-state index in [1.54, 1.807) is 31.2 Å². The molecule has 0 aliphatic rings. The Morgan fingerprint density at radius 1 is 1.33 bits per heavy atom. The van der Waals surface area contributed by atoms with Crippen LogP contribution in [0, 0.1) is 24.1 Å². The summed E-state index contributed by atoms with van der Waals surface area (Å²) in [4.78, 5) is 12.0. The summed E-state index contributed by atoms with van der Waals surface area (Å²) in [6.07, 6.45) is 0. The number of aryl methyl sites for hydroxylation is 1. The number of nitriles is 1. The minimum atomic E-state index is -0.598. The van der Waals surface area contributed by atoms with Crippen molar-refractivity contribution in [2.75, 3.05) is 5.73 Å². The quantitative estimate of drug-likeness (QED) is 0.694. The van der Waals surface area contributed by atoms with Crippen LogP contribution in [0.2, 0.25) is 0 Å². The van der Waals surface area contributed by atoms with Gasteiger partial charge >= 0.3 is 5.97 Å². The molecule has 0 heterocycles. The first-order valence-electron chi connectivity index (χ1n) is 6.23. The van der Waals surface area contributed by atoms with Gasteiger partial charge in [-0.15, -0.1) is 0 Å². The van der Waals surface area contributed by atoms with Gasteiger partial charge in [-0.2, -0.15) is 5.26 Å². The highest BCUT2D eigenvalue weighted by Gasteiger charge is 2.12. The van der Waals surface area contributed by atoms with E-state index >= 15 is 0 Å². The molecule has 0 radical (unpaired) electrons. The molecule has 2 aromatic carbocycles. The second-order valence-electron chi connectivity index (χ2n) is 4.58. The van der Waals surface area contributed by atoms with Gasteiger partial charge in [0.15, 0.2) is 0 Å². The average molecular weight is 284 g/mol. The maximum absolute atomic E-state index is 13.2. The zero-order valence-electron chi connectivity index (χ0n) is 11.4. The van der Waals surface area contributed by atoms with Crippen molar-refractivity contribution in [3.05, 3.63) is 64.5 Å². The fraction of sp³-hybridized carbons (Fsp3) is 0.125. The summed E-state index contributed by atoms with van der Waals surface area (Å²) >= 11 is 0. The van der Waals surface area contributed by atoms with Crippen LogP contribution >= 0.6 is 0 Å². The number of nitrogens with zero attached hydrogens (tertiary/aromatic N) is 1. The van der Waals surface area contributed by atoms with Crippen LogP contribution < -0.4 is 5.73 Å². The van der Waals surface area contributed by atoms with Gasteiger partial charge in [0.05, 0.1) is 11.1 Å². The SMILES string of the molecule is Cc1ccc(N)cc1C(=O)OCc1ccc(F)c(C#N)c1. The molecule has 0 saturated heterocycles. The molecule has 106 valence electrons. The van der Waals surface area contributed by atoms with Crippen molar-refractivity contribution in [3.63, 3.8) is 0 Å². The Bertz CT molecular complexity index is 736. The molecule has 0 unspecified atom stereocenters. The highest BCUT2D eigenvalue weighted by Crippen LogP contribution is 2.16. The molecule has 0 spiro atoms. The molecule has 0 saturated carbocycles. The maximum atomic E-state index is 13.2. The Kier molecular flexibility index (Phi) is 4.19. The highest BCUT2D eigenvalue weighted by molar-refractivity contribution is 5.92. The van der Waals surface area contributed by atoms with Crippen LogP contribution in [0.15, 0.2) is 36.4 Å². The molecule has 21 heavy (non-hydrogen) atoms. The Morgan fingerprint density at radius 3 is 2.81 bits per heavy atom. The molecule has 2 N–H and O–H groups in total. The van der Waals surface area contributed by atoms with Crippen LogP contribution in [0.3, 0.4) is 0 Å². The van der Waals surface area contributed by atoms with Crippen molar-refractivity contribution >= 4 is 11.7 Å². The third-order valence-electron chi connectivity index (χ3n) is 3.00. The average Bonchev–Trinajstić information content (AvgIpc) is 2.48. The number of hydrogen-bond acceptors (Lipinski definition) is 4. The number of carbonyl (C=O) groups excluding carboxylic acids is 1. The van der Waals surface area contributed by atoms with Crippen LogP contribution in [0.5, 0.6) is 0 Å². The fourth-order valence-electron chi connectivity index (χ4n) is 1.83. The van der Waals surface area contributed by atoms with Gasteiger partial charge in [-0.05, 0) is 42.3 Å². The molecule has 2 rings (SSSR count). The van der Waals surface area contributed by atoms with Gasteiger partial charge < -0.3 is 10.5 Å². The minimum Gasteiger partial charge on any atom is -0.457 e. The molecule has 4 nitrogen and oxygen atoms in total. The van der Waals surface area contributed by atoms with E-state index in [9.17, 15) is 9.18 Å². The van der Waals surface area contributed by atoms with Crippen LogP contribution in [0.25, 0.3) is 0 Å². The van der Waals surface area contributed by atoms with Crippen molar-refractivity contribution < 1.29 is 13.9 Å². The Morgan fingerprint density at radius 2 is 2.10 bits per heavy atom. The summed E-state index contributed by atoms with van der Waals surface area (Å²) in [5.74, 6) is -1.11. The Balaban J connectivity index is 2.11. The number of nitrogens with two attached hydrogens (primary N) is 1. The van der Waals surface area contributed by atoms with Gasteiger partial charge in [-0.3, -0.25) is 0 Å². The second kappa shape index (κ2) is 6.06. The molecule has 0 atom stereocenters. The summed E-state index contributed by atoms with van der Waals surface area (Å²) in [7, 11) is 0. The normalized spacial score (nSPS) is 9.95. The predicted molar refractivity (Wildman–Crippen MR) is 75.8 cm³/mol. The van der Waals surface area contributed by atoms with Crippen LogP contribution in [-0.2, 0) is 11.3 Å². The van der Waals surface area contributed by atoms with Gasteiger partial charge in [-0.1, -0.05) is 12.1 Å². The fourth-order valence-corrected chi connectivity index (χ4v) is 1.83. The van der Waals surface area contributed by atoms with Gasteiger partial charge in [0.25, 0.3) is 0 Å². The number of nitrogen functional groups attached to an aromatic ring is 1. The number of ether oxygens (including phenoxy) is 1. The molecule has 0 aromatic heterocycles. The largest absolute Gasteiger partial charge is 0.457 e. The summed E-state index contributed by atoms with van der Waals surface area (Å²) in [5, 5.41) is 8.75. The monoisotopic (exact) mass is 284 g/mol. The summed E-state index contributed by atoms with van der Waals surface area (Å²) in [6.45, 7) is 1.74. The summed E-state index contributed by atoms with van der Waals surface area (Å²) in [5.41, 5.74) is 7.72. The molecule has 0 bridgehead atoms. The lowest BCUT2D eigenvalue weighted by molar-refractivity contribution is 0.0472. The Labute approximate surface area is 121 Å². The van der Waals surface area contributed by atoms with E-state index in [4.69, 9.17) is 15.7 Å². The van der Waals surface area contributed by atoms with E-state index in [-0.39, 0.29) is 12.2 Å². The number of esters is 1. The third kappa shape index (κ3) is 3.37. The summed E-state index contributed by atoms with van der Waals surface area (Å²) < 4.78 is 18.3. The van der Waals surface area contributed by atoms with Gasteiger partial charge in [-0.25, -0.2) is 9.18 Å². The van der Waals surface area contributed by atoms with E-state index < -0.39 is 11.8 Å². The zero-order valence-corrected chi connectivity index (χ0v) is 11.4. The maximum Gasteiger partial charge on any atom is 0.338 e. The number of anilines is 1. The molecule has 0 aliphatic heterocycles. The van der Waals surface area contributed by atoms with Crippen molar-refractivity contribution in [1.82, 2.24) is 0 Å². The summed E-state index contributed by atoms with van der Waals surface area (Å²) in [6, 6.07) is 10.7.